The average molecular weight is 188 g/mol. The van der Waals surface area contributed by atoms with Crippen LogP contribution >= 0.6 is 0 Å². The molecule has 2 N–H and O–H groups in total. The molecule has 0 aromatic carbocycles. The smallest absolute Gasteiger partial charge is 0.0487 e. The largest absolute Gasteiger partial charge is 0.396 e. The van der Waals surface area contributed by atoms with Gasteiger partial charge in [0.05, 0.1) is 0 Å². The Morgan fingerprint density at radius 1 is 1.08 bits per heavy atom. The van der Waals surface area contributed by atoms with Gasteiger partial charge < -0.3 is 10.2 Å². The predicted octanol–water partition coefficient (Wildman–Crippen LogP) is 2.19. The lowest BCUT2D eigenvalue weighted by Gasteiger charge is -2.32. The van der Waals surface area contributed by atoms with Crippen LogP contribution in [0.4, 0.5) is 0 Å². The molecular weight excluding hydrogens is 164 g/mol. The third-order valence-corrected chi connectivity index (χ3v) is 3.39. The van der Waals surface area contributed by atoms with Crippen molar-refractivity contribution < 1.29 is 10.2 Å². The number of aliphatic hydroxyl groups excluding tert-OH is 2. The maximum absolute atomic E-state index is 9.33. The Kier molecular flexibility index (Phi) is 6.35. The Bertz CT molecular complexity index is 107. The van der Waals surface area contributed by atoms with E-state index >= 15 is 0 Å². The second-order valence-electron chi connectivity index (χ2n) is 4.03. The van der Waals surface area contributed by atoms with Gasteiger partial charge in [-0.2, -0.15) is 0 Å². The summed E-state index contributed by atoms with van der Waals surface area (Å²) in [5, 5.41) is 18.4. The standard InChI is InChI=1S/C11H24O2/c1-4-10(8-12)7-11(5-2,6-3)9-13/h10,12-13H,4-9H2,1-3H3. The fourth-order valence-electron chi connectivity index (χ4n) is 1.78. The summed E-state index contributed by atoms with van der Waals surface area (Å²) in [4.78, 5) is 0. The quantitative estimate of drug-likeness (QED) is 0.643. The van der Waals surface area contributed by atoms with E-state index in [2.05, 4.69) is 20.8 Å². The van der Waals surface area contributed by atoms with Gasteiger partial charge >= 0.3 is 0 Å². The second-order valence-corrected chi connectivity index (χ2v) is 4.03. The van der Waals surface area contributed by atoms with E-state index in [0.29, 0.717) is 5.92 Å². The molecule has 0 saturated carbocycles. The Labute approximate surface area is 82.0 Å². The van der Waals surface area contributed by atoms with E-state index in [9.17, 15) is 5.11 Å². The van der Waals surface area contributed by atoms with Gasteiger partial charge in [0, 0.05) is 13.2 Å². The van der Waals surface area contributed by atoms with Gasteiger partial charge in [-0.3, -0.25) is 0 Å². The second kappa shape index (κ2) is 6.39. The van der Waals surface area contributed by atoms with Crippen LogP contribution in [0.5, 0.6) is 0 Å². The fraction of sp³-hybridized carbons (Fsp3) is 1.00. The number of aliphatic hydroxyl groups is 2. The molecule has 0 radical (unpaired) electrons. The average Bonchev–Trinajstić information content (AvgIpc) is 2.21. The van der Waals surface area contributed by atoms with Gasteiger partial charge in [0.1, 0.15) is 0 Å². The highest BCUT2D eigenvalue weighted by Crippen LogP contribution is 2.34. The van der Waals surface area contributed by atoms with Crippen LogP contribution in [0.15, 0.2) is 0 Å². The van der Waals surface area contributed by atoms with E-state index < -0.39 is 0 Å². The van der Waals surface area contributed by atoms with E-state index in [4.69, 9.17) is 5.11 Å². The van der Waals surface area contributed by atoms with Crippen molar-refractivity contribution in [2.75, 3.05) is 13.2 Å². The minimum absolute atomic E-state index is 0.0450. The molecule has 80 valence electrons. The molecule has 13 heavy (non-hydrogen) atoms. The molecule has 0 aliphatic heterocycles. The number of hydrogen-bond donors (Lipinski definition) is 2. The topological polar surface area (TPSA) is 40.5 Å². The van der Waals surface area contributed by atoms with Crippen LogP contribution < -0.4 is 0 Å². The van der Waals surface area contributed by atoms with Gasteiger partial charge in [-0.25, -0.2) is 0 Å². The normalized spacial score (nSPS) is 14.5. The maximum atomic E-state index is 9.33. The minimum Gasteiger partial charge on any atom is -0.396 e. The predicted molar refractivity (Wildman–Crippen MR) is 55.6 cm³/mol. The van der Waals surface area contributed by atoms with Crippen LogP contribution in [0.2, 0.25) is 0 Å². The Hall–Kier alpha value is -0.0800. The van der Waals surface area contributed by atoms with Gasteiger partial charge in [-0.05, 0) is 30.6 Å². The monoisotopic (exact) mass is 188 g/mol. The highest BCUT2D eigenvalue weighted by atomic mass is 16.3. The molecule has 2 nitrogen and oxygen atoms in total. The molecule has 2 heteroatoms. The van der Waals surface area contributed by atoms with E-state index in [0.717, 1.165) is 25.7 Å². The van der Waals surface area contributed by atoms with Crippen LogP contribution in [0.1, 0.15) is 46.5 Å². The summed E-state index contributed by atoms with van der Waals surface area (Å²) in [5.74, 6) is 0.354. The lowest BCUT2D eigenvalue weighted by atomic mass is 9.75. The molecule has 0 aromatic rings. The summed E-state index contributed by atoms with van der Waals surface area (Å²) < 4.78 is 0. The summed E-state index contributed by atoms with van der Waals surface area (Å²) in [7, 11) is 0. The van der Waals surface area contributed by atoms with Crippen molar-refractivity contribution in [3.05, 3.63) is 0 Å². The molecule has 0 fully saturated rings. The maximum Gasteiger partial charge on any atom is 0.0487 e. The van der Waals surface area contributed by atoms with E-state index in [1.165, 1.54) is 0 Å². The number of hydrogen-bond acceptors (Lipinski definition) is 2. The molecule has 0 amide bonds. The van der Waals surface area contributed by atoms with Gasteiger partial charge in [0.25, 0.3) is 0 Å². The Morgan fingerprint density at radius 2 is 1.62 bits per heavy atom. The Morgan fingerprint density at radius 3 is 1.85 bits per heavy atom. The first-order valence-electron chi connectivity index (χ1n) is 5.39. The zero-order chi connectivity index (χ0) is 10.3. The molecule has 0 bridgehead atoms. The van der Waals surface area contributed by atoms with Crippen LogP contribution in [-0.4, -0.2) is 23.4 Å². The summed E-state index contributed by atoms with van der Waals surface area (Å²) in [5.41, 5.74) is 0.0450. The molecular formula is C11H24O2. The minimum atomic E-state index is 0.0450. The van der Waals surface area contributed by atoms with Gasteiger partial charge in [0.2, 0.25) is 0 Å². The lowest BCUT2D eigenvalue weighted by molar-refractivity contribution is 0.0690. The van der Waals surface area contributed by atoms with Crippen LogP contribution in [-0.2, 0) is 0 Å². The number of rotatable bonds is 7. The first-order chi connectivity index (χ1) is 6.17. The third kappa shape index (κ3) is 3.65. The van der Waals surface area contributed by atoms with E-state index in [1.54, 1.807) is 0 Å². The van der Waals surface area contributed by atoms with E-state index in [1.807, 2.05) is 0 Å². The van der Waals surface area contributed by atoms with Crippen molar-refractivity contribution in [3.8, 4) is 0 Å². The molecule has 0 aliphatic carbocycles. The van der Waals surface area contributed by atoms with Crippen molar-refractivity contribution >= 4 is 0 Å². The van der Waals surface area contributed by atoms with E-state index in [-0.39, 0.29) is 18.6 Å². The van der Waals surface area contributed by atoms with Crippen molar-refractivity contribution in [3.63, 3.8) is 0 Å². The summed E-state index contributed by atoms with van der Waals surface area (Å²) >= 11 is 0. The van der Waals surface area contributed by atoms with Gasteiger partial charge in [-0.1, -0.05) is 27.2 Å². The molecule has 0 spiro atoms. The first kappa shape index (κ1) is 12.9. The SMILES string of the molecule is CCC(CO)CC(CC)(CC)CO. The zero-order valence-electron chi connectivity index (χ0n) is 9.21. The highest BCUT2D eigenvalue weighted by Gasteiger charge is 2.27. The van der Waals surface area contributed by atoms with Crippen LogP contribution in [0.25, 0.3) is 0 Å². The van der Waals surface area contributed by atoms with Crippen molar-refractivity contribution in [2.45, 2.75) is 46.5 Å². The molecule has 0 saturated heterocycles. The van der Waals surface area contributed by atoms with Gasteiger partial charge in [-0.15, -0.1) is 0 Å². The fourth-order valence-corrected chi connectivity index (χ4v) is 1.78. The molecule has 1 unspecified atom stereocenters. The molecule has 0 heterocycles. The summed E-state index contributed by atoms with van der Waals surface area (Å²) in [6.07, 6.45) is 3.94. The lowest BCUT2D eigenvalue weighted by Crippen LogP contribution is -2.28. The summed E-state index contributed by atoms with van der Waals surface area (Å²) in [6.45, 7) is 6.82. The molecule has 0 aliphatic rings. The van der Waals surface area contributed by atoms with Crippen molar-refractivity contribution in [1.82, 2.24) is 0 Å². The van der Waals surface area contributed by atoms with Gasteiger partial charge in [0.15, 0.2) is 0 Å². The first-order valence-corrected chi connectivity index (χ1v) is 5.39. The third-order valence-electron chi connectivity index (χ3n) is 3.39. The summed E-state index contributed by atoms with van der Waals surface area (Å²) in [6, 6.07) is 0. The van der Waals surface area contributed by atoms with Crippen LogP contribution in [0.3, 0.4) is 0 Å². The molecule has 0 rings (SSSR count). The molecule has 0 aromatic heterocycles. The zero-order valence-corrected chi connectivity index (χ0v) is 9.21. The van der Waals surface area contributed by atoms with Crippen molar-refractivity contribution in [2.24, 2.45) is 11.3 Å². The molecule has 1 atom stereocenters. The Balaban J connectivity index is 4.21. The van der Waals surface area contributed by atoms with Crippen LogP contribution in [0, 0.1) is 11.3 Å². The highest BCUT2D eigenvalue weighted by molar-refractivity contribution is 4.78. The van der Waals surface area contributed by atoms with Crippen molar-refractivity contribution in [1.29, 1.82) is 0 Å².